The van der Waals surface area contributed by atoms with E-state index in [2.05, 4.69) is 10.6 Å². The minimum absolute atomic E-state index is 0.240. The summed E-state index contributed by atoms with van der Waals surface area (Å²) >= 11 is 0. The van der Waals surface area contributed by atoms with Crippen molar-refractivity contribution in [2.75, 3.05) is 12.4 Å². The van der Waals surface area contributed by atoms with E-state index in [9.17, 15) is 9.59 Å². The number of hydrogen-bond donors (Lipinski definition) is 2. The molecule has 23 heavy (non-hydrogen) atoms. The Hall–Kier alpha value is -2.82. The van der Waals surface area contributed by atoms with Crippen LogP contribution in [0.4, 0.5) is 5.69 Å². The molecular formula is C18H20N2O3. The Bertz CT molecular complexity index is 654. The van der Waals surface area contributed by atoms with Crippen LogP contribution >= 0.6 is 0 Å². The lowest BCUT2D eigenvalue weighted by atomic mass is 10.1. The predicted molar refractivity (Wildman–Crippen MR) is 89.4 cm³/mol. The molecule has 120 valence electrons. The van der Waals surface area contributed by atoms with Gasteiger partial charge in [0, 0.05) is 19.0 Å². The van der Waals surface area contributed by atoms with E-state index in [1.54, 1.807) is 31.4 Å². The molecule has 2 aromatic carbocycles. The fourth-order valence-corrected chi connectivity index (χ4v) is 2.21. The van der Waals surface area contributed by atoms with E-state index in [4.69, 9.17) is 4.74 Å². The van der Waals surface area contributed by atoms with Crippen LogP contribution in [0.5, 0.6) is 5.75 Å². The third-order valence-corrected chi connectivity index (χ3v) is 3.33. The molecule has 5 nitrogen and oxygen atoms in total. The van der Waals surface area contributed by atoms with Crippen molar-refractivity contribution < 1.29 is 14.3 Å². The minimum Gasteiger partial charge on any atom is -0.497 e. The normalized spacial score (nSPS) is 11.4. The van der Waals surface area contributed by atoms with E-state index in [-0.39, 0.29) is 11.8 Å². The van der Waals surface area contributed by atoms with Crippen LogP contribution in [0.2, 0.25) is 0 Å². The Morgan fingerprint density at radius 2 is 1.70 bits per heavy atom. The van der Waals surface area contributed by atoms with Crippen molar-refractivity contribution >= 4 is 17.5 Å². The van der Waals surface area contributed by atoms with Crippen molar-refractivity contribution in [3.8, 4) is 5.75 Å². The molecule has 0 spiro atoms. The fourth-order valence-electron chi connectivity index (χ4n) is 2.21. The molecule has 2 rings (SSSR count). The average Bonchev–Trinajstić information content (AvgIpc) is 2.55. The number of nitrogens with one attached hydrogen (secondary N) is 2. The summed E-state index contributed by atoms with van der Waals surface area (Å²) in [6.07, 6.45) is 0.433. The van der Waals surface area contributed by atoms with Gasteiger partial charge in [-0.25, -0.2) is 0 Å². The molecule has 2 aromatic rings. The van der Waals surface area contributed by atoms with Crippen LogP contribution in [0, 0.1) is 0 Å². The lowest BCUT2D eigenvalue weighted by Gasteiger charge is -2.18. The highest BCUT2D eigenvalue weighted by Crippen LogP contribution is 2.15. The first-order valence-electron chi connectivity index (χ1n) is 7.34. The van der Waals surface area contributed by atoms with E-state index in [0.29, 0.717) is 17.9 Å². The van der Waals surface area contributed by atoms with E-state index >= 15 is 0 Å². The Morgan fingerprint density at radius 1 is 1.04 bits per heavy atom. The largest absolute Gasteiger partial charge is 0.497 e. The van der Waals surface area contributed by atoms with Crippen LogP contribution in [0.1, 0.15) is 12.5 Å². The van der Waals surface area contributed by atoms with Gasteiger partial charge in [-0.05, 0) is 29.8 Å². The van der Waals surface area contributed by atoms with Gasteiger partial charge in [-0.2, -0.15) is 0 Å². The number of amides is 2. The zero-order chi connectivity index (χ0) is 16.7. The predicted octanol–water partition coefficient (Wildman–Crippen LogP) is 2.38. The van der Waals surface area contributed by atoms with Crippen LogP contribution in [-0.4, -0.2) is 25.0 Å². The summed E-state index contributed by atoms with van der Waals surface area (Å²) in [7, 11) is 1.58. The summed E-state index contributed by atoms with van der Waals surface area (Å²) in [5.74, 6) is 0.218. The van der Waals surface area contributed by atoms with E-state index in [1.807, 2.05) is 30.3 Å². The molecule has 0 saturated carbocycles. The maximum absolute atomic E-state index is 12.4. The monoisotopic (exact) mass is 312 g/mol. The molecule has 2 amide bonds. The summed E-state index contributed by atoms with van der Waals surface area (Å²) in [5, 5.41) is 5.50. The molecule has 0 fully saturated rings. The molecule has 0 aliphatic rings. The number of hydrogen-bond acceptors (Lipinski definition) is 3. The molecule has 2 N–H and O–H groups in total. The number of carbonyl (C=O) groups is 2. The van der Waals surface area contributed by atoms with Gasteiger partial charge in [0.15, 0.2) is 0 Å². The Kier molecular flexibility index (Phi) is 5.74. The van der Waals surface area contributed by atoms with Gasteiger partial charge in [-0.3, -0.25) is 9.59 Å². The van der Waals surface area contributed by atoms with Crippen molar-refractivity contribution in [1.29, 1.82) is 0 Å². The van der Waals surface area contributed by atoms with Crippen LogP contribution in [0.25, 0.3) is 0 Å². The smallest absolute Gasteiger partial charge is 0.247 e. The standard InChI is InChI=1S/C18H20N2O3/c1-13(21)19-17(12-14-6-4-3-5-7-14)18(22)20-15-8-10-16(23-2)11-9-15/h3-11,17H,12H2,1-2H3,(H,19,21)(H,20,22)/t17-/m1/s1. The molecule has 0 aliphatic carbocycles. The molecular weight excluding hydrogens is 292 g/mol. The van der Waals surface area contributed by atoms with Crippen LogP contribution in [0.15, 0.2) is 54.6 Å². The average molecular weight is 312 g/mol. The van der Waals surface area contributed by atoms with Crippen molar-refractivity contribution in [3.63, 3.8) is 0 Å². The topological polar surface area (TPSA) is 67.4 Å². The first kappa shape index (κ1) is 16.5. The third-order valence-electron chi connectivity index (χ3n) is 3.33. The van der Waals surface area contributed by atoms with Gasteiger partial charge < -0.3 is 15.4 Å². The number of methoxy groups -OCH3 is 1. The maximum atomic E-state index is 12.4. The molecule has 1 atom stereocenters. The lowest BCUT2D eigenvalue weighted by Crippen LogP contribution is -2.44. The quantitative estimate of drug-likeness (QED) is 0.860. The molecule has 0 unspecified atom stereocenters. The molecule has 0 saturated heterocycles. The zero-order valence-corrected chi connectivity index (χ0v) is 13.2. The number of anilines is 1. The molecule has 0 heterocycles. The summed E-state index contributed by atoms with van der Waals surface area (Å²) < 4.78 is 5.08. The molecule has 0 aromatic heterocycles. The van der Waals surface area contributed by atoms with Crippen molar-refractivity contribution in [1.82, 2.24) is 5.32 Å². The van der Waals surface area contributed by atoms with Gasteiger partial charge >= 0.3 is 0 Å². The van der Waals surface area contributed by atoms with Gasteiger partial charge in [0.1, 0.15) is 11.8 Å². The van der Waals surface area contributed by atoms with Crippen LogP contribution in [0.3, 0.4) is 0 Å². The van der Waals surface area contributed by atoms with E-state index < -0.39 is 6.04 Å². The molecule has 0 radical (unpaired) electrons. The Balaban J connectivity index is 2.07. The number of carbonyl (C=O) groups excluding carboxylic acids is 2. The summed E-state index contributed by atoms with van der Waals surface area (Å²) in [5.41, 5.74) is 1.63. The molecule has 0 bridgehead atoms. The van der Waals surface area contributed by atoms with Crippen LogP contribution in [-0.2, 0) is 16.0 Å². The van der Waals surface area contributed by atoms with Crippen LogP contribution < -0.4 is 15.4 Å². The van der Waals surface area contributed by atoms with Gasteiger partial charge in [0.25, 0.3) is 0 Å². The second-order valence-corrected chi connectivity index (χ2v) is 5.16. The highest BCUT2D eigenvalue weighted by molar-refractivity contribution is 5.97. The SMILES string of the molecule is COc1ccc(NC(=O)[C@@H](Cc2ccccc2)NC(C)=O)cc1. The molecule has 0 aliphatic heterocycles. The maximum Gasteiger partial charge on any atom is 0.247 e. The first-order chi connectivity index (χ1) is 11.1. The second-order valence-electron chi connectivity index (χ2n) is 5.16. The minimum atomic E-state index is -0.628. The first-order valence-corrected chi connectivity index (χ1v) is 7.34. The van der Waals surface area contributed by atoms with Gasteiger partial charge in [0.05, 0.1) is 7.11 Å². The number of benzene rings is 2. The van der Waals surface area contributed by atoms with Crippen molar-refractivity contribution in [2.24, 2.45) is 0 Å². The molecule has 5 heteroatoms. The third kappa shape index (κ3) is 5.14. The highest BCUT2D eigenvalue weighted by Gasteiger charge is 2.20. The number of rotatable bonds is 6. The van der Waals surface area contributed by atoms with Crippen molar-refractivity contribution in [2.45, 2.75) is 19.4 Å². The summed E-state index contributed by atoms with van der Waals surface area (Å²) in [6, 6.07) is 16.0. The Morgan fingerprint density at radius 3 is 2.26 bits per heavy atom. The number of ether oxygens (including phenoxy) is 1. The highest BCUT2D eigenvalue weighted by atomic mass is 16.5. The second kappa shape index (κ2) is 7.98. The zero-order valence-electron chi connectivity index (χ0n) is 13.2. The summed E-state index contributed by atoms with van der Waals surface area (Å²) in [6.45, 7) is 1.40. The summed E-state index contributed by atoms with van der Waals surface area (Å²) in [4.78, 5) is 23.8. The Labute approximate surface area is 135 Å². The van der Waals surface area contributed by atoms with Gasteiger partial charge in [-0.1, -0.05) is 30.3 Å². The van der Waals surface area contributed by atoms with E-state index in [1.165, 1.54) is 6.92 Å². The fraction of sp³-hybridized carbons (Fsp3) is 0.222. The lowest BCUT2D eigenvalue weighted by molar-refractivity contribution is -0.125. The van der Waals surface area contributed by atoms with Gasteiger partial charge in [-0.15, -0.1) is 0 Å². The van der Waals surface area contributed by atoms with E-state index in [0.717, 1.165) is 5.56 Å². The van der Waals surface area contributed by atoms with Gasteiger partial charge in [0.2, 0.25) is 11.8 Å². The van der Waals surface area contributed by atoms with Crippen molar-refractivity contribution in [3.05, 3.63) is 60.2 Å².